The van der Waals surface area contributed by atoms with Crippen LogP contribution in [-0.2, 0) is 11.8 Å². The van der Waals surface area contributed by atoms with E-state index >= 15 is 0 Å². The molecule has 1 saturated heterocycles. The first kappa shape index (κ1) is 21.2. The van der Waals surface area contributed by atoms with Gasteiger partial charge in [0.15, 0.2) is 5.82 Å². The van der Waals surface area contributed by atoms with Crippen molar-refractivity contribution in [2.45, 2.75) is 45.1 Å². The number of benzene rings is 1. The van der Waals surface area contributed by atoms with Gasteiger partial charge in [0, 0.05) is 48.9 Å². The van der Waals surface area contributed by atoms with Crippen LogP contribution in [0.3, 0.4) is 0 Å². The summed E-state index contributed by atoms with van der Waals surface area (Å²) in [7, 11) is 1.92. The van der Waals surface area contributed by atoms with Crippen molar-refractivity contribution in [3.05, 3.63) is 42.5 Å². The third-order valence-corrected chi connectivity index (χ3v) is 6.11. The molecule has 9 heteroatoms. The largest absolute Gasteiger partial charge is 0.444 e. The Bertz CT molecular complexity index is 1340. The molecule has 33 heavy (non-hydrogen) atoms. The van der Waals surface area contributed by atoms with E-state index in [0.717, 1.165) is 46.1 Å². The van der Waals surface area contributed by atoms with E-state index in [1.807, 2.05) is 43.2 Å². The van der Waals surface area contributed by atoms with E-state index < -0.39 is 5.60 Å². The summed E-state index contributed by atoms with van der Waals surface area (Å²) in [6.07, 6.45) is 4.89. The van der Waals surface area contributed by atoms with Gasteiger partial charge in [-0.1, -0.05) is 12.1 Å². The molecule has 0 atom stereocenters. The van der Waals surface area contributed by atoms with Gasteiger partial charge in [0.25, 0.3) is 0 Å². The van der Waals surface area contributed by atoms with Gasteiger partial charge in [0.05, 0.1) is 5.52 Å². The molecule has 0 spiro atoms. The number of amides is 1. The number of hydrogen-bond acceptors (Lipinski definition) is 6. The number of carbonyl (C=O) groups excluding carboxylic acids is 1. The Labute approximate surface area is 192 Å². The number of nitrogen functional groups attached to an aromatic ring is 1. The summed E-state index contributed by atoms with van der Waals surface area (Å²) in [6, 6.07) is 8.39. The van der Waals surface area contributed by atoms with E-state index in [2.05, 4.69) is 39.4 Å². The van der Waals surface area contributed by atoms with Gasteiger partial charge in [0.1, 0.15) is 17.4 Å². The van der Waals surface area contributed by atoms with Crippen LogP contribution in [0.2, 0.25) is 0 Å². The average Bonchev–Trinajstić information content (AvgIpc) is 3.32. The highest BCUT2D eigenvalue weighted by Crippen LogP contribution is 2.37. The van der Waals surface area contributed by atoms with Gasteiger partial charge in [-0.05, 0) is 51.3 Å². The molecule has 1 aromatic carbocycles. The molecule has 4 heterocycles. The molecule has 1 aliphatic rings. The number of fused-ring (bicyclic) bond motifs is 2. The molecule has 0 radical (unpaired) electrons. The monoisotopic (exact) mass is 447 g/mol. The molecule has 1 amide bonds. The maximum Gasteiger partial charge on any atom is 0.410 e. The first-order chi connectivity index (χ1) is 15.7. The summed E-state index contributed by atoms with van der Waals surface area (Å²) in [6.45, 7) is 6.94. The van der Waals surface area contributed by atoms with Gasteiger partial charge in [-0.2, -0.15) is 10.2 Å². The lowest BCUT2D eigenvalue weighted by Crippen LogP contribution is -2.41. The number of ether oxygens (including phenoxy) is 1. The number of carbonyl (C=O) groups is 1. The van der Waals surface area contributed by atoms with E-state index in [4.69, 9.17) is 10.5 Å². The van der Waals surface area contributed by atoms with Crippen molar-refractivity contribution in [3.63, 3.8) is 0 Å². The Balaban J connectivity index is 1.47. The predicted molar refractivity (Wildman–Crippen MR) is 127 cm³/mol. The lowest BCUT2D eigenvalue weighted by Gasteiger charge is -2.33. The second kappa shape index (κ2) is 7.75. The lowest BCUT2D eigenvalue weighted by atomic mass is 9.93. The van der Waals surface area contributed by atoms with Crippen LogP contribution in [0.5, 0.6) is 0 Å². The molecule has 3 aromatic heterocycles. The molecule has 172 valence electrons. The van der Waals surface area contributed by atoms with Gasteiger partial charge in [-0.3, -0.25) is 4.68 Å². The highest BCUT2D eigenvalue weighted by Gasteiger charge is 2.30. The van der Waals surface area contributed by atoms with E-state index in [-0.39, 0.29) is 12.0 Å². The number of nitrogens with zero attached hydrogens (tertiary/aromatic N) is 6. The molecule has 0 saturated carbocycles. The van der Waals surface area contributed by atoms with E-state index in [9.17, 15) is 4.79 Å². The van der Waals surface area contributed by atoms with Crippen LogP contribution in [0.1, 0.15) is 45.2 Å². The number of piperidine rings is 1. The maximum atomic E-state index is 12.5. The molecular formula is C24H29N7O2. The highest BCUT2D eigenvalue weighted by molar-refractivity contribution is 5.92. The molecule has 0 unspecified atom stereocenters. The Morgan fingerprint density at radius 3 is 2.67 bits per heavy atom. The first-order valence-corrected chi connectivity index (χ1v) is 11.2. The summed E-state index contributed by atoms with van der Waals surface area (Å²) >= 11 is 0. The summed E-state index contributed by atoms with van der Waals surface area (Å²) in [5.74, 6) is 0.691. The van der Waals surface area contributed by atoms with Crippen molar-refractivity contribution in [3.8, 4) is 11.1 Å². The second-order valence-corrected chi connectivity index (χ2v) is 9.71. The van der Waals surface area contributed by atoms with Crippen molar-refractivity contribution >= 4 is 28.3 Å². The molecule has 5 rings (SSSR count). The van der Waals surface area contributed by atoms with Crippen LogP contribution in [0, 0.1) is 0 Å². The number of hydrogen-bond donors (Lipinski definition) is 1. The Morgan fingerprint density at radius 1 is 1.18 bits per heavy atom. The second-order valence-electron chi connectivity index (χ2n) is 9.71. The van der Waals surface area contributed by atoms with Crippen molar-refractivity contribution in [2.24, 2.45) is 7.05 Å². The SMILES string of the molecule is Cn1cc2ccc(-c3cc(C4CCN(C(=O)OC(C)(C)C)CC4)n4ncnc(N)c34)cc2n1. The molecule has 0 aliphatic carbocycles. The lowest BCUT2D eigenvalue weighted by molar-refractivity contribution is 0.0203. The smallest absolute Gasteiger partial charge is 0.410 e. The summed E-state index contributed by atoms with van der Waals surface area (Å²) in [5.41, 5.74) is 10.6. The standard InChI is InChI=1S/C24H29N7O2/c1-24(2,3)33-23(32)30-9-7-15(8-10-30)20-12-18(21-22(25)26-14-27-31(20)21)16-5-6-17-13-29(4)28-19(17)11-16/h5-6,11-15H,7-10H2,1-4H3,(H2,25,26,27). The Morgan fingerprint density at radius 2 is 1.94 bits per heavy atom. The number of likely N-dealkylation sites (tertiary alicyclic amines) is 1. The van der Waals surface area contributed by atoms with E-state index in [0.29, 0.717) is 18.9 Å². The molecular weight excluding hydrogens is 418 g/mol. The van der Waals surface area contributed by atoms with E-state index in [1.54, 1.807) is 4.90 Å². The maximum absolute atomic E-state index is 12.5. The van der Waals surface area contributed by atoms with Crippen LogP contribution < -0.4 is 5.73 Å². The fourth-order valence-electron chi connectivity index (χ4n) is 4.59. The molecule has 0 bridgehead atoms. The third kappa shape index (κ3) is 3.99. The zero-order valence-corrected chi connectivity index (χ0v) is 19.4. The van der Waals surface area contributed by atoms with Gasteiger partial charge in [-0.15, -0.1) is 0 Å². The Kier molecular flexibility index (Phi) is 4.99. The van der Waals surface area contributed by atoms with Crippen molar-refractivity contribution in [2.75, 3.05) is 18.8 Å². The normalized spacial score (nSPS) is 15.5. The Hall–Kier alpha value is -3.62. The van der Waals surface area contributed by atoms with Crippen molar-refractivity contribution in [1.82, 2.24) is 29.3 Å². The van der Waals surface area contributed by atoms with Crippen LogP contribution in [0.4, 0.5) is 10.6 Å². The third-order valence-electron chi connectivity index (χ3n) is 6.11. The van der Waals surface area contributed by atoms with Crippen LogP contribution in [0.15, 0.2) is 36.8 Å². The summed E-state index contributed by atoms with van der Waals surface area (Å²) < 4.78 is 9.26. The zero-order chi connectivity index (χ0) is 23.3. The van der Waals surface area contributed by atoms with Crippen LogP contribution >= 0.6 is 0 Å². The quantitative estimate of drug-likeness (QED) is 0.498. The zero-order valence-electron chi connectivity index (χ0n) is 19.4. The van der Waals surface area contributed by atoms with Crippen molar-refractivity contribution < 1.29 is 9.53 Å². The molecule has 1 aliphatic heterocycles. The minimum atomic E-state index is -0.496. The number of nitrogens with two attached hydrogens (primary N) is 1. The number of anilines is 1. The number of rotatable bonds is 2. The topological polar surface area (TPSA) is 104 Å². The van der Waals surface area contributed by atoms with Gasteiger partial charge in [-0.25, -0.2) is 14.3 Å². The first-order valence-electron chi connectivity index (χ1n) is 11.2. The summed E-state index contributed by atoms with van der Waals surface area (Å²) in [4.78, 5) is 18.5. The van der Waals surface area contributed by atoms with E-state index in [1.165, 1.54) is 6.33 Å². The van der Waals surface area contributed by atoms with Crippen LogP contribution in [0.25, 0.3) is 27.5 Å². The van der Waals surface area contributed by atoms with Crippen LogP contribution in [-0.4, -0.2) is 54.1 Å². The van der Waals surface area contributed by atoms with Crippen molar-refractivity contribution in [1.29, 1.82) is 0 Å². The number of aryl methyl sites for hydroxylation is 1. The molecule has 2 N–H and O–H groups in total. The van der Waals surface area contributed by atoms with Gasteiger partial charge >= 0.3 is 6.09 Å². The minimum absolute atomic E-state index is 0.248. The minimum Gasteiger partial charge on any atom is -0.444 e. The average molecular weight is 448 g/mol. The molecule has 1 fully saturated rings. The molecule has 9 nitrogen and oxygen atoms in total. The fourth-order valence-corrected chi connectivity index (χ4v) is 4.59. The highest BCUT2D eigenvalue weighted by atomic mass is 16.6. The summed E-state index contributed by atoms with van der Waals surface area (Å²) in [5, 5.41) is 10.2. The molecule has 4 aromatic rings. The number of aromatic nitrogens is 5. The predicted octanol–water partition coefficient (Wildman–Crippen LogP) is 3.98. The fraction of sp³-hybridized carbons (Fsp3) is 0.417. The van der Waals surface area contributed by atoms with Gasteiger partial charge < -0.3 is 15.4 Å². The van der Waals surface area contributed by atoms with Gasteiger partial charge in [0.2, 0.25) is 0 Å².